The van der Waals surface area contributed by atoms with E-state index in [0.717, 1.165) is 5.56 Å². The second kappa shape index (κ2) is 8.81. The van der Waals surface area contributed by atoms with Gasteiger partial charge in [-0.2, -0.15) is 10.5 Å². The zero-order chi connectivity index (χ0) is 18.2. The number of hydrogen-bond donors (Lipinski definition) is 0. The van der Waals surface area contributed by atoms with Crippen molar-refractivity contribution >= 4 is 5.78 Å². The van der Waals surface area contributed by atoms with Crippen LogP contribution in [0.15, 0.2) is 54.6 Å². The topological polar surface area (TPSA) is 64.7 Å². The number of benzene rings is 2. The van der Waals surface area contributed by atoms with Gasteiger partial charge in [-0.05, 0) is 37.3 Å². The molecule has 0 fully saturated rings. The molecule has 0 aliphatic carbocycles. The number of nitrogens with zero attached hydrogens (tertiary/aromatic N) is 2. The minimum Gasteiger partial charge on any atom is -0.289 e. The van der Waals surface area contributed by atoms with Gasteiger partial charge >= 0.3 is 0 Å². The summed E-state index contributed by atoms with van der Waals surface area (Å²) in [6.07, 6.45) is 1.27. The van der Waals surface area contributed by atoms with E-state index < -0.39 is 0 Å². The van der Waals surface area contributed by atoms with Crippen molar-refractivity contribution in [3.63, 3.8) is 0 Å². The normalized spacial score (nSPS) is 13.9. The van der Waals surface area contributed by atoms with Crippen molar-refractivity contribution in [3.05, 3.63) is 71.3 Å². The Morgan fingerprint density at radius 1 is 0.920 bits per heavy atom. The summed E-state index contributed by atoms with van der Waals surface area (Å²) in [5.41, 5.74) is 2.38. The number of hydrogen-bond acceptors (Lipinski definition) is 3. The van der Waals surface area contributed by atoms with E-state index in [2.05, 4.69) is 19.1 Å². The molecule has 3 nitrogen and oxygen atoms in total. The number of ketones is 1. The van der Waals surface area contributed by atoms with E-state index in [1.807, 2.05) is 61.5 Å². The van der Waals surface area contributed by atoms with Crippen molar-refractivity contribution in [1.82, 2.24) is 0 Å². The molecule has 0 N–H and O–H groups in total. The first-order valence-electron chi connectivity index (χ1n) is 8.54. The lowest BCUT2D eigenvalue weighted by molar-refractivity contribution is 0.103. The highest BCUT2D eigenvalue weighted by molar-refractivity contribution is 6.09. The van der Waals surface area contributed by atoms with Gasteiger partial charge in [-0.3, -0.25) is 4.79 Å². The van der Waals surface area contributed by atoms with Gasteiger partial charge in [0.2, 0.25) is 0 Å². The maximum Gasteiger partial charge on any atom is 0.193 e. The van der Waals surface area contributed by atoms with Crippen molar-refractivity contribution in [2.24, 2.45) is 11.8 Å². The van der Waals surface area contributed by atoms with Gasteiger partial charge in [-0.1, -0.05) is 55.5 Å². The predicted molar refractivity (Wildman–Crippen MR) is 97.8 cm³/mol. The molecule has 2 aromatic carbocycles. The first-order chi connectivity index (χ1) is 12.0. The quantitative estimate of drug-likeness (QED) is 0.663. The summed E-state index contributed by atoms with van der Waals surface area (Å²) in [7, 11) is 0. The average molecular weight is 330 g/mol. The Kier molecular flexibility index (Phi) is 6.49. The van der Waals surface area contributed by atoms with Crippen molar-refractivity contribution in [3.8, 4) is 12.1 Å². The fourth-order valence-corrected chi connectivity index (χ4v) is 2.99. The van der Waals surface area contributed by atoms with E-state index in [0.29, 0.717) is 24.0 Å². The number of carbonyl (C=O) groups excluding carboxylic acids is 1. The summed E-state index contributed by atoms with van der Waals surface area (Å²) in [5, 5.41) is 18.3. The molecule has 3 unspecified atom stereocenters. The third-order valence-corrected chi connectivity index (χ3v) is 4.43. The lowest BCUT2D eigenvalue weighted by Crippen LogP contribution is -2.08. The van der Waals surface area contributed by atoms with E-state index in [1.54, 1.807) is 0 Å². The number of nitriles is 2. The summed E-state index contributed by atoms with van der Waals surface area (Å²) < 4.78 is 0. The zero-order valence-electron chi connectivity index (χ0n) is 14.6. The third kappa shape index (κ3) is 5.03. The molecular formula is C22H22N2O. The van der Waals surface area contributed by atoms with Gasteiger partial charge in [-0.25, -0.2) is 0 Å². The van der Waals surface area contributed by atoms with Crippen LogP contribution in [0.1, 0.15) is 54.1 Å². The largest absolute Gasteiger partial charge is 0.289 e. The molecule has 0 aromatic heterocycles. The van der Waals surface area contributed by atoms with Crippen LogP contribution >= 0.6 is 0 Å². The molecule has 25 heavy (non-hydrogen) atoms. The lowest BCUT2D eigenvalue weighted by Gasteiger charge is -2.17. The van der Waals surface area contributed by atoms with E-state index in [-0.39, 0.29) is 23.5 Å². The molecule has 3 atom stereocenters. The van der Waals surface area contributed by atoms with Gasteiger partial charge in [0.05, 0.1) is 12.1 Å². The van der Waals surface area contributed by atoms with Crippen LogP contribution in [0.25, 0.3) is 0 Å². The third-order valence-electron chi connectivity index (χ3n) is 4.43. The molecule has 0 spiro atoms. The fourth-order valence-electron chi connectivity index (χ4n) is 2.99. The molecule has 0 bridgehead atoms. The highest BCUT2D eigenvalue weighted by atomic mass is 16.1. The summed E-state index contributed by atoms with van der Waals surface area (Å²) in [4.78, 5) is 12.6. The molecule has 2 aromatic rings. The maximum atomic E-state index is 12.6. The average Bonchev–Trinajstić information content (AvgIpc) is 2.67. The monoisotopic (exact) mass is 330 g/mol. The van der Waals surface area contributed by atoms with E-state index in [4.69, 9.17) is 5.26 Å². The molecule has 0 heterocycles. The highest BCUT2D eigenvalue weighted by Crippen LogP contribution is 2.27. The fraction of sp³-hybridized carbons (Fsp3) is 0.318. The Morgan fingerprint density at radius 3 is 2.24 bits per heavy atom. The molecule has 0 saturated carbocycles. The minimum absolute atomic E-state index is 0.00425. The Morgan fingerprint density at radius 2 is 1.60 bits per heavy atom. The predicted octanol–water partition coefficient (Wildman–Crippen LogP) is 5.10. The van der Waals surface area contributed by atoms with Crippen molar-refractivity contribution in [2.75, 3.05) is 0 Å². The molecular weight excluding hydrogens is 308 g/mol. The van der Waals surface area contributed by atoms with Gasteiger partial charge in [0, 0.05) is 23.0 Å². The zero-order valence-corrected chi connectivity index (χ0v) is 14.6. The molecule has 2 rings (SSSR count). The molecule has 0 aliphatic rings. The molecule has 0 radical (unpaired) electrons. The maximum absolute atomic E-state index is 12.6. The summed E-state index contributed by atoms with van der Waals surface area (Å²) in [5.74, 6) is -0.121. The second-order valence-corrected chi connectivity index (χ2v) is 6.55. The van der Waals surface area contributed by atoms with Crippen molar-refractivity contribution in [1.29, 1.82) is 10.5 Å². The van der Waals surface area contributed by atoms with Gasteiger partial charge in [0.1, 0.15) is 0 Å². The second-order valence-electron chi connectivity index (χ2n) is 6.55. The molecule has 3 heteroatoms. The minimum atomic E-state index is -0.155. The summed E-state index contributed by atoms with van der Waals surface area (Å²) in [6.45, 7) is 3.90. The molecule has 0 aliphatic heterocycles. The van der Waals surface area contributed by atoms with Gasteiger partial charge in [0.25, 0.3) is 0 Å². The van der Waals surface area contributed by atoms with Crippen molar-refractivity contribution < 1.29 is 4.79 Å². The van der Waals surface area contributed by atoms with Crippen LogP contribution in [0.5, 0.6) is 0 Å². The van der Waals surface area contributed by atoms with E-state index in [1.165, 1.54) is 0 Å². The van der Waals surface area contributed by atoms with Crippen LogP contribution in [0, 0.1) is 34.5 Å². The summed E-state index contributed by atoms with van der Waals surface area (Å²) >= 11 is 0. The first kappa shape index (κ1) is 18.4. The Hall–Kier alpha value is -2.91. The van der Waals surface area contributed by atoms with Crippen molar-refractivity contribution in [2.45, 2.75) is 32.6 Å². The standard InChI is InChI=1S/C22H22N2O/c1-16(14-23)11-18(15-24)12-17(2)20-9-6-10-21(13-20)22(25)19-7-4-3-5-8-19/h3-10,13,16-18H,11-12H2,1-2H3. The Bertz CT molecular complexity index is 799. The molecule has 0 saturated heterocycles. The summed E-state index contributed by atoms with van der Waals surface area (Å²) in [6, 6.07) is 21.4. The van der Waals surface area contributed by atoms with E-state index >= 15 is 0 Å². The van der Waals surface area contributed by atoms with Crippen LogP contribution in [0.3, 0.4) is 0 Å². The highest BCUT2D eigenvalue weighted by Gasteiger charge is 2.18. The van der Waals surface area contributed by atoms with Crippen LogP contribution in [0.2, 0.25) is 0 Å². The number of rotatable bonds is 7. The SMILES string of the molecule is CC(C#N)CC(C#N)CC(C)c1cccc(C(=O)c2ccccc2)c1. The van der Waals surface area contributed by atoms with E-state index in [9.17, 15) is 10.1 Å². The molecule has 0 amide bonds. The van der Waals surface area contributed by atoms with Crippen LogP contribution in [-0.4, -0.2) is 5.78 Å². The smallest absolute Gasteiger partial charge is 0.193 e. The van der Waals surface area contributed by atoms with Crippen LogP contribution < -0.4 is 0 Å². The van der Waals surface area contributed by atoms with Gasteiger partial charge < -0.3 is 0 Å². The van der Waals surface area contributed by atoms with Crippen LogP contribution in [0.4, 0.5) is 0 Å². The van der Waals surface area contributed by atoms with Gasteiger partial charge in [-0.15, -0.1) is 0 Å². The van der Waals surface area contributed by atoms with Crippen LogP contribution in [-0.2, 0) is 0 Å². The Balaban J connectivity index is 2.14. The molecule has 126 valence electrons. The Labute approximate surface area is 149 Å². The lowest BCUT2D eigenvalue weighted by atomic mass is 9.85. The first-order valence-corrected chi connectivity index (χ1v) is 8.54. The van der Waals surface area contributed by atoms with Gasteiger partial charge in [0.15, 0.2) is 5.78 Å². The number of carbonyl (C=O) groups is 1.